The number of carbonyl (C=O) groups is 1. The third-order valence-corrected chi connectivity index (χ3v) is 7.61. The van der Waals surface area contributed by atoms with E-state index in [1.807, 2.05) is 0 Å². The van der Waals surface area contributed by atoms with Crippen molar-refractivity contribution in [1.82, 2.24) is 14.3 Å². The van der Waals surface area contributed by atoms with Crippen LogP contribution >= 0.6 is 0 Å². The molecule has 1 aromatic carbocycles. The predicted molar refractivity (Wildman–Crippen MR) is 94.2 cm³/mol. The Bertz CT molecular complexity index is 863. The van der Waals surface area contributed by atoms with Crippen LogP contribution in [0.15, 0.2) is 29.2 Å². The van der Waals surface area contributed by atoms with Gasteiger partial charge in [0.15, 0.2) is 9.84 Å². The molecule has 1 aliphatic heterocycles. The van der Waals surface area contributed by atoms with Crippen LogP contribution in [-0.2, 0) is 19.9 Å². The van der Waals surface area contributed by atoms with Gasteiger partial charge in [-0.15, -0.1) is 0 Å². The fourth-order valence-corrected chi connectivity index (χ4v) is 5.42. The maximum atomic E-state index is 12.9. The number of sulfonamides is 1. The van der Waals surface area contributed by atoms with Crippen LogP contribution in [0.1, 0.15) is 16.8 Å². The highest BCUT2D eigenvalue weighted by Gasteiger charge is 2.36. The quantitative estimate of drug-likeness (QED) is 0.660. The van der Waals surface area contributed by atoms with Crippen molar-refractivity contribution in [3.63, 3.8) is 0 Å². The molecule has 1 atom stereocenters. The molecule has 1 saturated heterocycles. The van der Waals surface area contributed by atoms with E-state index < -0.39 is 31.8 Å². The molecule has 1 aromatic rings. The SMILES string of the molecule is CN(C)N(C(=O)c1cccc(S(=O)(=O)N(C)C)c1)[C@H]1CCS(=O)(=O)C1. The van der Waals surface area contributed by atoms with Gasteiger partial charge in [-0.2, -0.15) is 0 Å². The van der Waals surface area contributed by atoms with Gasteiger partial charge in [-0.05, 0) is 24.6 Å². The minimum atomic E-state index is -3.66. The summed E-state index contributed by atoms with van der Waals surface area (Å²) in [6, 6.07) is 5.31. The number of carbonyl (C=O) groups excluding carboxylic acids is 1. The summed E-state index contributed by atoms with van der Waals surface area (Å²) in [5, 5.41) is 2.92. The lowest BCUT2D eigenvalue weighted by Crippen LogP contribution is -2.49. The summed E-state index contributed by atoms with van der Waals surface area (Å²) in [4.78, 5) is 12.9. The molecule has 8 nitrogen and oxygen atoms in total. The zero-order valence-corrected chi connectivity index (χ0v) is 16.3. The summed E-state index contributed by atoms with van der Waals surface area (Å²) in [5.41, 5.74) is 0.195. The highest BCUT2D eigenvalue weighted by Crippen LogP contribution is 2.22. The molecule has 140 valence electrons. The lowest BCUT2D eigenvalue weighted by atomic mass is 10.1. The van der Waals surface area contributed by atoms with Gasteiger partial charge in [-0.1, -0.05) is 6.07 Å². The van der Waals surface area contributed by atoms with Gasteiger partial charge < -0.3 is 0 Å². The van der Waals surface area contributed by atoms with Crippen molar-refractivity contribution in [2.75, 3.05) is 39.7 Å². The van der Waals surface area contributed by atoms with E-state index in [0.29, 0.717) is 6.42 Å². The first-order valence-corrected chi connectivity index (χ1v) is 11.0. The van der Waals surface area contributed by atoms with Crippen LogP contribution in [0.2, 0.25) is 0 Å². The van der Waals surface area contributed by atoms with Gasteiger partial charge >= 0.3 is 0 Å². The molecule has 0 saturated carbocycles. The van der Waals surface area contributed by atoms with Crippen molar-refractivity contribution in [3.05, 3.63) is 29.8 Å². The van der Waals surface area contributed by atoms with Crippen molar-refractivity contribution in [2.24, 2.45) is 0 Å². The van der Waals surface area contributed by atoms with Crippen LogP contribution in [0.25, 0.3) is 0 Å². The van der Waals surface area contributed by atoms with Gasteiger partial charge in [0.1, 0.15) is 0 Å². The molecule has 0 radical (unpaired) electrons. The maximum absolute atomic E-state index is 12.9. The van der Waals surface area contributed by atoms with Crippen molar-refractivity contribution >= 4 is 25.8 Å². The van der Waals surface area contributed by atoms with Gasteiger partial charge in [0.25, 0.3) is 5.91 Å². The lowest BCUT2D eigenvalue weighted by molar-refractivity contribution is 0.000988. The highest BCUT2D eigenvalue weighted by atomic mass is 32.2. The molecular weight excluding hydrogens is 366 g/mol. The average molecular weight is 389 g/mol. The number of hydrogen-bond acceptors (Lipinski definition) is 6. The van der Waals surface area contributed by atoms with Crippen molar-refractivity contribution in [3.8, 4) is 0 Å². The zero-order chi connectivity index (χ0) is 19.0. The molecule has 1 aliphatic rings. The monoisotopic (exact) mass is 389 g/mol. The molecule has 1 fully saturated rings. The summed E-state index contributed by atoms with van der Waals surface area (Å²) >= 11 is 0. The zero-order valence-electron chi connectivity index (χ0n) is 14.7. The van der Waals surface area contributed by atoms with Gasteiger partial charge in [0.2, 0.25) is 10.0 Å². The number of nitrogens with zero attached hydrogens (tertiary/aromatic N) is 3. The van der Waals surface area contributed by atoms with Crippen molar-refractivity contribution in [2.45, 2.75) is 17.4 Å². The Kier molecular flexibility index (Phi) is 5.57. The fourth-order valence-electron chi connectivity index (χ4n) is 2.78. The normalized spacial score (nSPS) is 20.2. The number of hydrogen-bond donors (Lipinski definition) is 0. The average Bonchev–Trinajstić information content (AvgIpc) is 2.86. The molecule has 0 aliphatic carbocycles. The molecule has 0 aromatic heterocycles. The standard InChI is InChI=1S/C15H23N3O5S2/c1-16(2)18(13-8-9-24(20,21)11-13)15(19)12-6-5-7-14(10-12)25(22,23)17(3)4/h5-7,10,13H,8-9,11H2,1-4H3/t13-/m0/s1. The summed E-state index contributed by atoms with van der Waals surface area (Å²) in [6.45, 7) is 0. The topological polar surface area (TPSA) is 95.1 Å². The summed E-state index contributed by atoms with van der Waals surface area (Å²) in [7, 11) is -0.675. The summed E-state index contributed by atoms with van der Waals surface area (Å²) in [6.07, 6.45) is 0.363. The maximum Gasteiger partial charge on any atom is 0.268 e. The van der Waals surface area contributed by atoms with Crippen LogP contribution < -0.4 is 0 Å². The Morgan fingerprint density at radius 2 is 1.80 bits per heavy atom. The highest BCUT2D eigenvalue weighted by molar-refractivity contribution is 7.91. The molecule has 10 heteroatoms. The number of amides is 1. The molecule has 0 bridgehead atoms. The summed E-state index contributed by atoms with van der Waals surface area (Å²) in [5.74, 6) is -0.473. The second-order valence-corrected chi connectivity index (χ2v) is 10.7. The molecule has 2 rings (SSSR count). The smallest absolute Gasteiger partial charge is 0.268 e. The number of sulfone groups is 1. The van der Waals surface area contributed by atoms with E-state index >= 15 is 0 Å². The van der Waals surface area contributed by atoms with E-state index in [0.717, 1.165) is 4.31 Å². The van der Waals surface area contributed by atoms with Crippen LogP contribution in [0.5, 0.6) is 0 Å². The van der Waals surface area contributed by atoms with Crippen LogP contribution in [0.4, 0.5) is 0 Å². The first kappa shape index (κ1) is 19.8. The number of benzene rings is 1. The predicted octanol–water partition coefficient (Wildman–Crippen LogP) is 0.0428. The molecule has 0 spiro atoms. The third kappa shape index (κ3) is 4.20. The Labute approximate surface area is 149 Å². The first-order chi connectivity index (χ1) is 11.5. The fraction of sp³-hybridized carbons (Fsp3) is 0.533. The Morgan fingerprint density at radius 1 is 1.16 bits per heavy atom. The van der Waals surface area contributed by atoms with E-state index in [4.69, 9.17) is 0 Å². The van der Waals surface area contributed by atoms with Crippen LogP contribution in [-0.4, -0.2) is 82.8 Å². The second-order valence-electron chi connectivity index (χ2n) is 6.37. The largest absolute Gasteiger partial charge is 0.268 e. The number of hydrazine groups is 1. The van der Waals surface area contributed by atoms with E-state index in [9.17, 15) is 21.6 Å². The molecule has 1 amide bonds. The van der Waals surface area contributed by atoms with E-state index in [2.05, 4.69) is 0 Å². The van der Waals surface area contributed by atoms with Gasteiger partial charge in [-0.25, -0.2) is 26.1 Å². The van der Waals surface area contributed by atoms with Crippen molar-refractivity contribution in [1.29, 1.82) is 0 Å². The molecule has 25 heavy (non-hydrogen) atoms. The Balaban J connectivity index is 2.38. The van der Waals surface area contributed by atoms with E-state index in [1.165, 1.54) is 43.4 Å². The first-order valence-electron chi connectivity index (χ1n) is 7.69. The van der Waals surface area contributed by atoms with E-state index in [-0.39, 0.29) is 22.0 Å². The second kappa shape index (κ2) is 7.02. The molecule has 0 N–H and O–H groups in total. The molecule has 0 unspecified atom stereocenters. The van der Waals surface area contributed by atoms with Crippen LogP contribution in [0, 0.1) is 0 Å². The van der Waals surface area contributed by atoms with Gasteiger partial charge in [0.05, 0.1) is 22.4 Å². The molecular formula is C15H23N3O5S2. The van der Waals surface area contributed by atoms with Gasteiger partial charge in [-0.3, -0.25) is 9.80 Å². The third-order valence-electron chi connectivity index (χ3n) is 4.05. The Hall–Kier alpha value is -1.49. The van der Waals surface area contributed by atoms with E-state index in [1.54, 1.807) is 19.1 Å². The minimum Gasteiger partial charge on any atom is -0.268 e. The number of rotatable bonds is 5. The van der Waals surface area contributed by atoms with Crippen LogP contribution in [0.3, 0.4) is 0 Å². The van der Waals surface area contributed by atoms with Gasteiger partial charge in [0, 0.05) is 33.8 Å². The lowest BCUT2D eigenvalue weighted by Gasteiger charge is -2.33. The minimum absolute atomic E-state index is 0.0149. The summed E-state index contributed by atoms with van der Waals surface area (Å²) < 4.78 is 49.1. The molecule has 1 heterocycles. The van der Waals surface area contributed by atoms with Crippen molar-refractivity contribution < 1.29 is 21.6 Å². The Morgan fingerprint density at radius 3 is 2.28 bits per heavy atom.